The molecule has 0 bridgehead atoms. The van der Waals surface area contributed by atoms with Crippen LogP contribution in [0.3, 0.4) is 0 Å². The second kappa shape index (κ2) is 4.11. The zero-order valence-corrected chi connectivity index (χ0v) is 8.16. The summed E-state index contributed by atoms with van der Waals surface area (Å²) in [6.07, 6.45) is 0. The van der Waals surface area contributed by atoms with Crippen LogP contribution >= 0.6 is 23.2 Å². The lowest BCUT2D eigenvalue weighted by molar-refractivity contribution is -0.0502. The van der Waals surface area contributed by atoms with E-state index in [2.05, 4.69) is 4.74 Å². The molecule has 0 radical (unpaired) electrons. The van der Waals surface area contributed by atoms with Crippen LogP contribution in [0.2, 0.25) is 10.0 Å². The van der Waals surface area contributed by atoms with Crippen molar-refractivity contribution < 1.29 is 13.5 Å². The number of benzene rings is 1. The smallest absolute Gasteiger partial charge is 0.387 e. The molecule has 0 saturated heterocycles. The van der Waals surface area contributed by atoms with Gasteiger partial charge in [0.15, 0.2) is 0 Å². The van der Waals surface area contributed by atoms with Gasteiger partial charge in [0.05, 0.1) is 0 Å². The zero-order valence-electron chi connectivity index (χ0n) is 6.65. The van der Waals surface area contributed by atoms with Crippen molar-refractivity contribution in [3.8, 4) is 5.75 Å². The lowest BCUT2D eigenvalue weighted by atomic mass is 10.2. The molecule has 0 aliphatic carbocycles. The van der Waals surface area contributed by atoms with Crippen molar-refractivity contribution in [3.05, 3.63) is 27.7 Å². The molecule has 0 aliphatic heterocycles. The Morgan fingerprint density at radius 3 is 2.46 bits per heavy atom. The molecule has 1 aromatic carbocycles. The molecule has 1 aromatic rings. The molecule has 5 heteroatoms. The van der Waals surface area contributed by atoms with Crippen LogP contribution in [-0.4, -0.2) is 6.61 Å². The average Bonchev–Trinajstić information content (AvgIpc) is 1.98. The molecule has 0 atom stereocenters. The van der Waals surface area contributed by atoms with Crippen molar-refractivity contribution in [2.45, 2.75) is 13.5 Å². The minimum atomic E-state index is -2.87. The van der Waals surface area contributed by atoms with Gasteiger partial charge in [-0.2, -0.15) is 8.78 Å². The summed E-state index contributed by atoms with van der Waals surface area (Å²) in [6.45, 7) is -1.29. The molecule has 1 nitrogen and oxygen atoms in total. The highest BCUT2D eigenvalue weighted by Crippen LogP contribution is 2.30. The molecular formula is C8H6Cl2F2O. The number of rotatable bonds is 2. The van der Waals surface area contributed by atoms with E-state index >= 15 is 0 Å². The molecule has 0 amide bonds. The summed E-state index contributed by atoms with van der Waals surface area (Å²) in [7, 11) is 0. The Morgan fingerprint density at radius 1 is 1.31 bits per heavy atom. The van der Waals surface area contributed by atoms with Crippen LogP contribution in [0.15, 0.2) is 12.1 Å². The van der Waals surface area contributed by atoms with Gasteiger partial charge in [-0.15, -0.1) is 0 Å². The summed E-state index contributed by atoms with van der Waals surface area (Å²) >= 11 is 11.3. The van der Waals surface area contributed by atoms with Gasteiger partial charge in [-0.3, -0.25) is 0 Å². The number of hydrogen-bond acceptors (Lipinski definition) is 1. The first-order valence-electron chi connectivity index (χ1n) is 3.41. The average molecular weight is 227 g/mol. The van der Waals surface area contributed by atoms with Crippen molar-refractivity contribution in [2.75, 3.05) is 0 Å². The van der Waals surface area contributed by atoms with Crippen LogP contribution in [0.4, 0.5) is 8.78 Å². The molecule has 72 valence electrons. The van der Waals surface area contributed by atoms with Crippen molar-refractivity contribution in [1.29, 1.82) is 0 Å². The predicted octanol–water partition coefficient (Wildman–Crippen LogP) is 3.90. The lowest BCUT2D eigenvalue weighted by Crippen LogP contribution is -2.03. The van der Waals surface area contributed by atoms with Gasteiger partial charge in [-0.1, -0.05) is 23.2 Å². The summed E-state index contributed by atoms with van der Waals surface area (Å²) in [5.41, 5.74) is 0.450. The summed E-state index contributed by atoms with van der Waals surface area (Å²) in [6, 6.07) is 2.77. The van der Waals surface area contributed by atoms with Gasteiger partial charge in [-0.05, 0) is 19.1 Å². The summed E-state index contributed by atoms with van der Waals surface area (Å²) in [5, 5.41) is 0.578. The number of hydrogen-bond donors (Lipinski definition) is 0. The van der Waals surface area contributed by atoms with E-state index in [-0.39, 0.29) is 10.8 Å². The minimum absolute atomic E-state index is 0.00694. The van der Waals surface area contributed by atoms with Crippen molar-refractivity contribution in [3.63, 3.8) is 0 Å². The second-order valence-corrected chi connectivity index (χ2v) is 3.23. The zero-order chi connectivity index (χ0) is 10.0. The first-order valence-corrected chi connectivity index (χ1v) is 4.16. The summed E-state index contributed by atoms with van der Waals surface area (Å²) < 4.78 is 27.9. The monoisotopic (exact) mass is 226 g/mol. The quantitative estimate of drug-likeness (QED) is 0.744. The molecule has 0 unspecified atom stereocenters. The fourth-order valence-corrected chi connectivity index (χ4v) is 1.32. The maximum atomic E-state index is 11.9. The third-order valence-corrected chi connectivity index (χ3v) is 2.09. The Bertz CT molecular complexity index is 315. The van der Waals surface area contributed by atoms with Gasteiger partial charge >= 0.3 is 6.61 Å². The van der Waals surface area contributed by atoms with Crippen LogP contribution in [0.25, 0.3) is 0 Å². The number of ether oxygens (including phenoxy) is 1. The fourth-order valence-electron chi connectivity index (χ4n) is 0.841. The first-order chi connectivity index (χ1) is 6.00. The van der Waals surface area contributed by atoms with Gasteiger partial charge in [0.25, 0.3) is 0 Å². The molecule has 0 N–H and O–H groups in total. The fraction of sp³-hybridized carbons (Fsp3) is 0.250. The Morgan fingerprint density at radius 2 is 1.92 bits per heavy atom. The number of alkyl halides is 2. The van der Waals surface area contributed by atoms with Crippen molar-refractivity contribution >= 4 is 23.2 Å². The minimum Gasteiger partial charge on any atom is -0.434 e. The molecule has 1 rings (SSSR count). The Kier molecular flexibility index (Phi) is 3.33. The van der Waals surface area contributed by atoms with E-state index < -0.39 is 6.61 Å². The molecular weight excluding hydrogens is 221 g/mol. The molecule has 0 aliphatic rings. The molecule has 0 fully saturated rings. The van der Waals surface area contributed by atoms with Gasteiger partial charge < -0.3 is 4.74 Å². The largest absolute Gasteiger partial charge is 0.434 e. The van der Waals surface area contributed by atoms with Gasteiger partial charge in [0.2, 0.25) is 0 Å². The third kappa shape index (κ3) is 2.71. The van der Waals surface area contributed by atoms with Crippen molar-refractivity contribution in [1.82, 2.24) is 0 Å². The second-order valence-electron chi connectivity index (χ2n) is 2.39. The summed E-state index contributed by atoms with van der Waals surface area (Å²) in [5.74, 6) is 0.00694. The summed E-state index contributed by atoms with van der Waals surface area (Å²) in [4.78, 5) is 0. The van der Waals surface area contributed by atoms with Gasteiger partial charge in [-0.25, -0.2) is 0 Å². The van der Waals surface area contributed by atoms with Gasteiger partial charge in [0.1, 0.15) is 5.75 Å². The Hall–Kier alpha value is -0.540. The molecule has 0 spiro atoms. The maximum absolute atomic E-state index is 11.9. The van der Waals surface area contributed by atoms with E-state index in [0.717, 1.165) is 0 Å². The molecule has 13 heavy (non-hydrogen) atoms. The predicted molar refractivity (Wildman–Crippen MR) is 47.8 cm³/mol. The van der Waals surface area contributed by atoms with Gasteiger partial charge in [0, 0.05) is 15.6 Å². The molecule has 0 saturated carbocycles. The normalized spacial score (nSPS) is 10.6. The maximum Gasteiger partial charge on any atom is 0.387 e. The van der Waals surface area contributed by atoms with E-state index in [9.17, 15) is 8.78 Å². The highest BCUT2D eigenvalue weighted by Gasteiger charge is 2.10. The lowest BCUT2D eigenvalue weighted by Gasteiger charge is -2.09. The Labute approximate surface area is 84.2 Å². The van der Waals surface area contributed by atoms with E-state index in [1.807, 2.05) is 0 Å². The van der Waals surface area contributed by atoms with E-state index in [1.165, 1.54) is 12.1 Å². The van der Waals surface area contributed by atoms with Crippen LogP contribution < -0.4 is 4.74 Å². The first kappa shape index (κ1) is 10.5. The topological polar surface area (TPSA) is 9.23 Å². The van der Waals surface area contributed by atoms with Crippen molar-refractivity contribution in [2.24, 2.45) is 0 Å². The van der Waals surface area contributed by atoms with Crippen LogP contribution in [0.5, 0.6) is 5.75 Å². The molecule has 0 aromatic heterocycles. The van der Waals surface area contributed by atoms with E-state index in [4.69, 9.17) is 23.2 Å². The van der Waals surface area contributed by atoms with Crippen LogP contribution in [-0.2, 0) is 0 Å². The van der Waals surface area contributed by atoms with E-state index in [1.54, 1.807) is 6.92 Å². The third-order valence-electron chi connectivity index (χ3n) is 1.48. The highest BCUT2D eigenvalue weighted by molar-refractivity contribution is 6.35. The standard InChI is InChI=1S/C8H6Cl2F2O/c1-4-6(10)2-5(9)3-7(4)13-8(11)12/h2-3,8H,1H3. The SMILES string of the molecule is Cc1c(Cl)cc(Cl)cc1OC(F)F. The van der Waals surface area contributed by atoms with E-state index in [0.29, 0.717) is 10.6 Å². The number of halogens is 4. The Balaban J connectivity index is 3.05. The molecule has 0 heterocycles. The van der Waals surface area contributed by atoms with Crippen LogP contribution in [0.1, 0.15) is 5.56 Å². The van der Waals surface area contributed by atoms with Crippen LogP contribution in [0, 0.1) is 6.92 Å². The highest BCUT2D eigenvalue weighted by atomic mass is 35.5.